The number of rotatable bonds is 4. The van der Waals surface area contributed by atoms with Crippen LogP contribution in [0.1, 0.15) is 18.0 Å². The zero-order chi connectivity index (χ0) is 19.8. The smallest absolute Gasteiger partial charge is 0.232 e. The average molecular weight is 416 g/mol. The number of carbonyl (C=O) groups is 2. The van der Waals surface area contributed by atoms with Crippen molar-refractivity contribution in [3.8, 4) is 5.75 Å². The first-order valence-electron chi connectivity index (χ1n) is 8.73. The van der Waals surface area contributed by atoms with E-state index in [2.05, 4.69) is 10.3 Å². The summed E-state index contributed by atoms with van der Waals surface area (Å²) in [5.74, 6) is -0.0802. The minimum atomic E-state index is -0.516. The highest BCUT2D eigenvalue weighted by molar-refractivity contribution is 7.22. The van der Waals surface area contributed by atoms with Crippen molar-refractivity contribution >= 4 is 50.1 Å². The molecule has 2 heterocycles. The number of halogens is 1. The Bertz CT molecular complexity index is 1070. The molecule has 1 aliphatic heterocycles. The summed E-state index contributed by atoms with van der Waals surface area (Å²) < 4.78 is 6.15. The Balaban J connectivity index is 1.60. The van der Waals surface area contributed by atoms with Crippen molar-refractivity contribution in [3.05, 3.63) is 53.1 Å². The van der Waals surface area contributed by atoms with Crippen LogP contribution in [0.3, 0.4) is 0 Å². The van der Waals surface area contributed by atoms with Crippen molar-refractivity contribution in [2.75, 3.05) is 19.5 Å². The molecule has 6 nitrogen and oxygen atoms in total. The molecular weight excluding hydrogens is 398 g/mol. The molecule has 0 saturated carbocycles. The molecule has 0 radical (unpaired) electrons. The number of aromatic nitrogens is 1. The summed E-state index contributed by atoms with van der Waals surface area (Å²) in [7, 11) is 3.32. The molecule has 144 valence electrons. The van der Waals surface area contributed by atoms with Crippen LogP contribution in [0, 0.1) is 5.92 Å². The number of likely N-dealkylation sites (tertiary alicyclic amines) is 1. The van der Waals surface area contributed by atoms with Gasteiger partial charge in [0.05, 0.1) is 29.3 Å². The van der Waals surface area contributed by atoms with Crippen LogP contribution in [-0.2, 0) is 9.59 Å². The monoisotopic (exact) mass is 415 g/mol. The number of methoxy groups -OCH3 is 1. The second kappa shape index (κ2) is 7.41. The first-order chi connectivity index (χ1) is 13.5. The normalized spacial score (nSPS) is 19.2. The molecular formula is C20H18ClN3O3S. The molecule has 1 aliphatic rings. The van der Waals surface area contributed by atoms with Gasteiger partial charge >= 0.3 is 0 Å². The summed E-state index contributed by atoms with van der Waals surface area (Å²) in [5.41, 5.74) is 1.63. The van der Waals surface area contributed by atoms with E-state index in [9.17, 15) is 9.59 Å². The van der Waals surface area contributed by atoms with E-state index in [-0.39, 0.29) is 24.3 Å². The van der Waals surface area contributed by atoms with Gasteiger partial charge in [0.2, 0.25) is 11.8 Å². The van der Waals surface area contributed by atoms with Gasteiger partial charge < -0.3 is 15.0 Å². The first-order valence-corrected chi connectivity index (χ1v) is 9.92. The number of hydrogen-bond acceptors (Lipinski definition) is 5. The van der Waals surface area contributed by atoms with E-state index in [1.54, 1.807) is 31.2 Å². The lowest BCUT2D eigenvalue weighted by Crippen LogP contribution is -2.30. The fraction of sp³-hybridized carbons (Fsp3) is 0.250. The van der Waals surface area contributed by atoms with E-state index in [0.29, 0.717) is 10.2 Å². The van der Waals surface area contributed by atoms with E-state index in [1.165, 1.54) is 11.3 Å². The highest BCUT2D eigenvalue weighted by atomic mass is 35.5. The lowest BCUT2D eigenvalue weighted by molar-refractivity contribution is -0.127. The predicted molar refractivity (Wildman–Crippen MR) is 110 cm³/mol. The zero-order valence-corrected chi connectivity index (χ0v) is 16.9. The van der Waals surface area contributed by atoms with Gasteiger partial charge in [-0.05, 0) is 35.9 Å². The molecule has 1 saturated heterocycles. The molecule has 1 N–H and O–H groups in total. The Morgan fingerprint density at radius 2 is 2.14 bits per heavy atom. The molecule has 8 heteroatoms. The van der Waals surface area contributed by atoms with Gasteiger partial charge in [-0.1, -0.05) is 35.1 Å². The number of hydrogen-bond donors (Lipinski definition) is 1. The van der Waals surface area contributed by atoms with Crippen LogP contribution >= 0.6 is 22.9 Å². The van der Waals surface area contributed by atoms with Crippen molar-refractivity contribution in [2.24, 2.45) is 5.92 Å². The maximum Gasteiger partial charge on any atom is 0.232 e. The van der Waals surface area contributed by atoms with Crippen molar-refractivity contribution in [2.45, 2.75) is 12.5 Å². The second-order valence-electron chi connectivity index (χ2n) is 6.66. The van der Waals surface area contributed by atoms with Gasteiger partial charge in [-0.2, -0.15) is 0 Å². The van der Waals surface area contributed by atoms with E-state index in [1.807, 2.05) is 30.3 Å². The zero-order valence-electron chi connectivity index (χ0n) is 15.3. The van der Waals surface area contributed by atoms with E-state index >= 15 is 0 Å². The summed E-state index contributed by atoms with van der Waals surface area (Å²) in [4.78, 5) is 31.4. The number of carbonyl (C=O) groups excluding carboxylic acids is 2. The molecule has 2 atom stereocenters. The van der Waals surface area contributed by atoms with Gasteiger partial charge in [0.1, 0.15) is 5.75 Å². The van der Waals surface area contributed by atoms with Crippen molar-refractivity contribution in [1.82, 2.24) is 9.88 Å². The molecule has 2 aromatic carbocycles. The number of anilines is 1. The molecule has 0 aliphatic carbocycles. The number of nitrogens with one attached hydrogen (secondary N) is 1. The Kier molecular flexibility index (Phi) is 4.95. The van der Waals surface area contributed by atoms with E-state index in [0.717, 1.165) is 21.5 Å². The molecule has 0 spiro atoms. The second-order valence-corrected chi connectivity index (χ2v) is 8.12. The van der Waals surface area contributed by atoms with Gasteiger partial charge in [-0.25, -0.2) is 4.98 Å². The van der Waals surface area contributed by atoms with Gasteiger partial charge in [-0.15, -0.1) is 0 Å². The first kappa shape index (κ1) is 18.7. The minimum absolute atomic E-state index is 0.0702. The van der Waals surface area contributed by atoms with Gasteiger partial charge in [0.25, 0.3) is 0 Å². The van der Waals surface area contributed by atoms with Crippen LogP contribution in [0.5, 0.6) is 5.75 Å². The summed E-state index contributed by atoms with van der Waals surface area (Å²) in [6.45, 7) is 0. The third kappa shape index (κ3) is 3.43. The predicted octanol–water partition coefficient (Wildman–Crippen LogP) is 4.12. The Labute approximate surface area is 171 Å². The Hall–Kier alpha value is -2.64. The SMILES string of the molecule is COc1ccc2nc(NC(=O)C3CC(=O)N(C)C3c3cccc(Cl)c3)sc2c1. The highest BCUT2D eigenvalue weighted by Crippen LogP contribution is 2.39. The van der Waals surface area contributed by atoms with Crippen LogP contribution in [0.2, 0.25) is 5.02 Å². The van der Waals surface area contributed by atoms with E-state index < -0.39 is 5.92 Å². The quantitative estimate of drug-likeness (QED) is 0.695. The summed E-state index contributed by atoms with van der Waals surface area (Å²) >= 11 is 7.48. The van der Waals surface area contributed by atoms with Crippen LogP contribution < -0.4 is 10.1 Å². The fourth-order valence-electron chi connectivity index (χ4n) is 3.53. The minimum Gasteiger partial charge on any atom is -0.497 e. The molecule has 4 rings (SSSR count). The maximum absolute atomic E-state index is 13.0. The summed E-state index contributed by atoms with van der Waals surface area (Å²) in [6.07, 6.45) is 0.151. The standard InChI is InChI=1S/C20H18ClN3O3S/c1-24-17(25)10-14(18(24)11-4-3-5-12(21)8-11)19(26)23-20-22-15-7-6-13(27-2)9-16(15)28-20/h3-9,14,18H,10H2,1-2H3,(H,22,23,26). The number of nitrogens with zero attached hydrogens (tertiary/aromatic N) is 2. The largest absolute Gasteiger partial charge is 0.497 e. The maximum atomic E-state index is 13.0. The molecule has 1 aromatic heterocycles. The molecule has 1 fully saturated rings. The van der Waals surface area contributed by atoms with Gasteiger partial charge in [-0.3, -0.25) is 9.59 Å². The third-order valence-electron chi connectivity index (χ3n) is 4.94. The Morgan fingerprint density at radius 3 is 2.89 bits per heavy atom. The fourth-order valence-corrected chi connectivity index (χ4v) is 4.63. The van der Waals surface area contributed by atoms with Crippen molar-refractivity contribution < 1.29 is 14.3 Å². The molecule has 2 amide bonds. The van der Waals surface area contributed by atoms with Gasteiger partial charge in [0, 0.05) is 18.5 Å². The number of benzene rings is 2. The van der Waals surface area contributed by atoms with Crippen molar-refractivity contribution in [1.29, 1.82) is 0 Å². The molecule has 0 bridgehead atoms. The third-order valence-corrected chi connectivity index (χ3v) is 6.11. The summed E-state index contributed by atoms with van der Waals surface area (Å²) in [6, 6.07) is 12.5. The van der Waals surface area contributed by atoms with Crippen molar-refractivity contribution in [3.63, 3.8) is 0 Å². The van der Waals surface area contributed by atoms with Crippen LogP contribution in [0.4, 0.5) is 5.13 Å². The molecule has 2 unspecified atom stereocenters. The van der Waals surface area contributed by atoms with E-state index in [4.69, 9.17) is 16.3 Å². The molecule has 28 heavy (non-hydrogen) atoms. The van der Waals surface area contributed by atoms with Gasteiger partial charge in [0.15, 0.2) is 5.13 Å². The number of ether oxygens (including phenoxy) is 1. The van der Waals surface area contributed by atoms with Crippen LogP contribution in [0.25, 0.3) is 10.2 Å². The molecule has 3 aromatic rings. The topological polar surface area (TPSA) is 71.5 Å². The average Bonchev–Trinajstić information content (AvgIpc) is 3.21. The number of amides is 2. The van der Waals surface area contributed by atoms with Crippen LogP contribution in [0.15, 0.2) is 42.5 Å². The lowest BCUT2D eigenvalue weighted by Gasteiger charge is -2.24. The summed E-state index contributed by atoms with van der Waals surface area (Å²) in [5, 5.41) is 3.96. The highest BCUT2D eigenvalue weighted by Gasteiger charge is 2.43. The lowest BCUT2D eigenvalue weighted by atomic mass is 9.93. The number of fused-ring (bicyclic) bond motifs is 1. The number of thiazole rings is 1. The van der Waals surface area contributed by atoms with Crippen LogP contribution in [-0.4, -0.2) is 35.9 Å². The Morgan fingerprint density at radius 1 is 1.32 bits per heavy atom.